The summed E-state index contributed by atoms with van der Waals surface area (Å²) in [6.07, 6.45) is 0. The average molecular weight is 140 g/mol. The minimum atomic E-state index is -2.65. The number of hydrogen-bond donors (Lipinski definition) is 0. The van der Waals surface area contributed by atoms with Crippen molar-refractivity contribution in [2.24, 2.45) is 0 Å². The molecule has 8 heavy (non-hydrogen) atoms. The zero-order valence-electron chi connectivity index (χ0n) is 4.67. The second-order valence-electron chi connectivity index (χ2n) is 1.14. The number of rotatable bonds is 2. The van der Waals surface area contributed by atoms with E-state index in [1.54, 1.807) is 0 Å². The van der Waals surface area contributed by atoms with E-state index in [-0.39, 0.29) is 7.43 Å². The van der Waals surface area contributed by atoms with Gasteiger partial charge in [0.05, 0.1) is 0 Å². The third-order valence-electron chi connectivity index (χ3n) is 0.663. The van der Waals surface area contributed by atoms with Crippen molar-refractivity contribution in [2.75, 3.05) is 20.9 Å². The predicted octanol–water partition coefficient (Wildman–Crippen LogP) is 1.74. The van der Waals surface area contributed by atoms with Gasteiger partial charge in [-0.3, -0.25) is 4.57 Å². The normalized spacial score (nSPS) is 10.4. The Balaban J connectivity index is 0. The van der Waals surface area contributed by atoms with Crippen molar-refractivity contribution in [3.05, 3.63) is 0 Å². The van der Waals surface area contributed by atoms with Gasteiger partial charge >= 0.3 is 7.60 Å². The van der Waals surface area contributed by atoms with Gasteiger partial charge in [-0.2, -0.15) is 0 Å². The van der Waals surface area contributed by atoms with Crippen LogP contribution in [0.4, 0.5) is 0 Å². The van der Waals surface area contributed by atoms with Gasteiger partial charge in [0.25, 0.3) is 0 Å². The minimum Gasteiger partial charge on any atom is -0.312 e. The van der Waals surface area contributed by atoms with Gasteiger partial charge in [-0.1, -0.05) is 7.43 Å². The van der Waals surface area contributed by atoms with Crippen LogP contribution in [0.3, 0.4) is 0 Å². The molecule has 52 valence electrons. The highest BCUT2D eigenvalue weighted by atomic mass is 31.2. The van der Waals surface area contributed by atoms with E-state index < -0.39 is 7.60 Å². The Hall–Kier alpha value is 0.150. The van der Waals surface area contributed by atoms with E-state index >= 15 is 0 Å². The first-order chi connectivity index (χ1) is 3.12. The fourth-order valence-electron chi connectivity index (χ4n) is 0.0745. The molecule has 0 aliphatic heterocycles. The summed E-state index contributed by atoms with van der Waals surface area (Å²) in [5.74, 6) is 0. The highest BCUT2D eigenvalue weighted by molar-refractivity contribution is 7.52. The van der Waals surface area contributed by atoms with Crippen LogP contribution in [-0.2, 0) is 13.6 Å². The van der Waals surface area contributed by atoms with Gasteiger partial charge in [-0.15, -0.1) is 0 Å². The maximum Gasteiger partial charge on any atom is 0.327 e. The smallest absolute Gasteiger partial charge is 0.312 e. The highest BCUT2D eigenvalue weighted by Gasteiger charge is 2.08. The van der Waals surface area contributed by atoms with Crippen LogP contribution in [0.1, 0.15) is 7.43 Å². The Labute approximate surface area is 50.5 Å². The van der Waals surface area contributed by atoms with Gasteiger partial charge in [0.2, 0.25) is 0 Å². The molecule has 0 aliphatic rings. The Morgan fingerprint density at radius 2 is 1.50 bits per heavy atom. The van der Waals surface area contributed by atoms with Crippen LogP contribution in [0, 0.1) is 0 Å². The Morgan fingerprint density at radius 3 is 1.50 bits per heavy atom. The lowest BCUT2D eigenvalue weighted by atomic mass is 11.8. The van der Waals surface area contributed by atoms with Crippen LogP contribution in [0.5, 0.6) is 0 Å². The van der Waals surface area contributed by atoms with E-state index in [0.717, 1.165) is 0 Å². The summed E-state index contributed by atoms with van der Waals surface area (Å²) in [5, 5.41) is 0. The molecule has 0 fully saturated rings. The lowest BCUT2D eigenvalue weighted by molar-refractivity contribution is 0.282. The minimum absolute atomic E-state index is 0. The molecule has 0 radical (unpaired) electrons. The SMILES string of the molecule is C.COP(C)(=O)OC. The summed E-state index contributed by atoms with van der Waals surface area (Å²) in [7, 11) is 0.0486. The van der Waals surface area contributed by atoms with Crippen molar-refractivity contribution in [1.82, 2.24) is 0 Å². The average Bonchev–Trinajstić information content (AvgIpc) is 1.68. The van der Waals surface area contributed by atoms with Gasteiger partial charge in [-0.25, -0.2) is 0 Å². The van der Waals surface area contributed by atoms with Crippen LogP contribution in [0.25, 0.3) is 0 Å². The second-order valence-corrected chi connectivity index (χ2v) is 3.41. The molecule has 0 unspecified atom stereocenters. The standard InChI is InChI=1S/C3H9O3P.CH4/c1-5-7(3,4)6-2;/h1-3H3;1H4. The van der Waals surface area contributed by atoms with Gasteiger partial charge in [-0.05, 0) is 0 Å². The van der Waals surface area contributed by atoms with Crippen LogP contribution in [0.15, 0.2) is 0 Å². The molecule has 0 saturated heterocycles. The zero-order valence-corrected chi connectivity index (χ0v) is 5.57. The molecular formula is C4H13O3P. The van der Waals surface area contributed by atoms with E-state index in [2.05, 4.69) is 9.05 Å². The molecule has 0 aliphatic carbocycles. The Kier molecular flexibility index (Phi) is 5.61. The highest BCUT2D eigenvalue weighted by Crippen LogP contribution is 2.40. The van der Waals surface area contributed by atoms with Gasteiger partial charge < -0.3 is 9.05 Å². The maximum atomic E-state index is 10.5. The predicted molar refractivity (Wildman–Crippen MR) is 34.3 cm³/mol. The zero-order chi connectivity index (χ0) is 5.91. The summed E-state index contributed by atoms with van der Waals surface area (Å²) in [6.45, 7) is 1.41. The van der Waals surface area contributed by atoms with E-state index in [1.807, 2.05) is 0 Å². The molecule has 0 aromatic carbocycles. The molecule has 4 heteroatoms. The van der Waals surface area contributed by atoms with E-state index in [0.29, 0.717) is 0 Å². The van der Waals surface area contributed by atoms with Crippen molar-refractivity contribution < 1.29 is 13.6 Å². The third kappa shape index (κ3) is 4.31. The van der Waals surface area contributed by atoms with Gasteiger partial charge in [0.15, 0.2) is 0 Å². The first kappa shape index (κ1) is 11.0. The van der Waals surface area contributed by atoms with Crippen molar-refractivity contribution in [2.45, 2.75) is 7.43 Å². The Morgan fingerprint density at radius 1 is 1.25 bits per heavy atom. The maximum absolute atomic E-state index is 10.5. The van der Waals surface area contributed by atoms with Crippen LogP contribution >= 0.6 is 7.60 Å². The largest absolute Gasteiger partial charge is 0.327 e. The first-order valence-electron chi connectivity index (χ1n) is 1.81. The molecule has 0 bridgehead atoms. The molecule has 0 heterocycles. The summed E-state index contributed by atoms with van der Waals surface area (Å²) in [6, 6.07) is 0. The summed E-state index contributed by atoms with van der Waals surface area (Å²) >= 11 is 0. The fourth-order valence-corrected chi connectivity index (χ4v) is 0.224. The molecule has 0 saturated carbocycles. The lowest BCUT2D eigenvalue weighted by Gasteiger charge is -2.04. The third-order valence-corrected chi connectivity index (χ3v) is 1.99. The fraction of sp³-hybridized carbons (Fsp3) is 1.00. The van der Waals surface area contributed by atoms with Crippen LogP contribution in [-0.4, -0.2) is 20.9 Å². The quantitative estimate of drug-likeness (QED) is 0.548. The van der Waals surface area contributed by atoms with Gasteiger partial charge in [0, 0.05) is 20.9 Å². The molecule has 0 spiro atoms. The summed E-state index contributed by atoms with van der Waals surface area (Å²) in [5.41, 5.74) is 0. The van der Waals surface area contributed by atoms with E-state index in [9.17, 15) is 4.57 Å². The molecule has 0 amide bonds. The van der Waals surface area contributed by atoms with Crippen molar-refractivity contribution in [1.29, 1.82) is 0 Å². The van der Waals surface area contributed by atoms with Crippen molar-refractivity contribution >= 4 is 7.60 Å². The second kappa shape index (κ2) is 4.07. The van der Waals surface area contributed by atoms with Gasteiger partial charge in [0.1, 0.15) is 0 Å². The topological polar surface area (TPSA) is 35.5 Å². The molecule has 0 atom stereocenters. The summed E-state index contributed by atoms with van der Waals surface area (Å²) < 4.78 is 19.3. The first-order valence-corrected chi connectivity index (χ1v) is 3.80. The van der Waals surface area contributed by atoms with Crippen LogP contribution in [0.2, 0.25) is 0 Å². The van der Waals surface area contributed by atoms with Crippen molar-refractivity contribution in [3.63, 3.8) is 0 Å². The van der Waals surface area contributed by atoms with Crippen LogP contribution < -0.4 is 0 Å². The summed E-state index contributed by atoms with van der Waals surface area (Å²) in [4.78, 5) is 0. The molecule has 0 aromatic rings. The molecule has 3 nitrogen and oxygen atoms in total. The Bertz CT molecular complexity index is 83.3. The molecule has 0 aromatic heterocycles. The molecule has 0 N–H and O–H groups in total. The lowest BCUT2D eigenvalue weighted by Crippen LogP contribution is -1.82. The number of hydrogen-bond acceptors (Lipinski definition) is 3. The van der Waals surface area contributed by atoms with Crippen molar-refractivity contribution in [3.8, 4) is 0 Å². The molecular weight excluding hydrogens is 127 g/mol. The van der Waals surface area contributed by atoms with E-state index in [4.69, 9.17) is 0 Å². The molecule has 0 rings (SSSR count). The monoisotopic (exact) mass is 140 g/mol. The van der Waals surface area contributed by atoms with E-state index in [1.165, 1.54) is 20.9 Å².